The van der Waals surface area contributed by atoms with Gasteiger partial charge in [-0.1, -0.05) is 6.92 Å². The Morgan fingerprint density at radius 2 is 2.30 bits per heavy atom. The second-order valence-electron chi connectivity index (χ2n) is 5.70. The third-order valence-electron chi connectivity index (χ3n) is 3.76. The van der Waals surface area contributed by atoms with E-state index in [0.717, 1.165) is 30.9 Å². The lowest BCUT2D eigenvalue weighted by Crippen LogP contribution is -2.61. The number of anilines is 1. The minimum atomic E-state index is -0.479. The van der Waals surface area contributed by atoms with Crippen molar-refractivity contribution >= 4 is 11.6 Å². The van der Waals surface area contributed by atoms with Gasteiger partial charge in [-0.2, -0.15) is 0 Å². The van der Waals surface area contributed by atoms with Crippen LogP contribution in [0.15, 0.2) is 18.3 Å². The zero-order chi connectivity index (χ0) is 14.6. The quantitative estimate of drug-likeness (QED) is 0.858. The highest BCUT2D eigenvalue weighted by molar-refractivity contribution is 5.86. The predicted molar refractivity (Wildman–Crippen MR) is 80.5 cm³/mol. The number of hydrogen-bond acceptors (Lipinski definition) is 4. The maximum absolute atomic E-state index is 11.9. The molecule has 1 amide bonds. The summed E-state index contributed by atoms with van der Waals surface area (Å²) in [4.78, 5) is 18.5. The summed E-state index contributed by atoms with van der Waals surface area (Å²) in [6.45, 7) is 9.28. The number of nitrogens with one attached hydrogen (secondary N) is 2. The van der Waals surface area contributed by atoms with E-state index in [1.54, 1.807) is 0 Å². The number of pyridine rings is 1. The normalized spacial score (nSPS) is 18.6. The number of nitrogens with zero attached hydrogens (tertiary/aromatic N) is 2. The smallest absolute Gasteiger partial charge is 0.240 e. The molecular formula is C15H24N4O. The van der Waals surface area contributed by atoms with Gasteiger partial charge in [0.05, 0.1) is 11.2 Å². The fourth-order valence-corrected chi connectivity index (χ4v) is 2.36. The summed E-state index contributed by atoms with van der Waals surface area (Å²) in [5, 5.41) is 6.28. The Morgan fingerprint density at radius 3 is 3.05 bits per heavy atom. The highest BCUT2D eigenvalue weighted by Crippen LogP contribution is 2.20. The minimum Gasteiger partial charge on any atom is -0.385 e. The summed E-state index contributed by atoms with van der Waals surface area (Å²) in [6.07, 6.45) is 2.92. The van der Waals surface area contributed by atoms with Crippen LogP contribution < -0.4 is 10.6 Å². The highest BCUT2D eigenvalue weighted by atomic mass is 16.2. The van der Waals surface area contributed by atoms with Crippen LogP contribution in [0, 0.1) is 0 Å². The molecule has 2 rings (SSSR count). The number of carbonyl (C=O) groups excluding carboxylic acids is 1. The molecule has 1 saturated heterocycles. The zero-order valence-corrected chi connectivity index (χ0v) is 12.6. The third kappa shape index (κ3) is 3.28. The topological polar surface area (TPSA) is 57.3 Å². The molecule has 0 aromatic carbocycles. The minimum absolute atomic E-state index is 0.0870. The van der Waals surface area contributed by atoms with Crippen LogP contribution in [0.2, 0.25) is 0 Å². The molecule has 1 aliphatic heterocycles. The van der Waals surface area contributed by atoms with Crippen molar-refractivity contribution < 1.29 is 4.79 Å². The summed E-state index contributed by atoms with van der Waals surface area (Å²) in [7, 11) is 0. The monoisotopic (exact) mass is 276 g/mol. The Morgan fingerprint density at radius 1 is 1.50 bits per heavy atom. The molecule has 1 aromatic rings. The van der Waals surface area contributed by atoms with Crippen LogP contribution in [0.1, 0.15) is 32.9 Å². The molecular weight excluding hydrogens is 252 g/mol. The van der Waals surface area contributed by atoms with Crippen molar-refractivity contribution in [2.24, 2.45) is 0 Å². The Labute approximate surface area is 120 Å². The Kier molecular flexibility index (Phi) is 4.60. The Bertz CT molecular complexity index is 473. The summed E-state index contributed by atoms with van der Waals surface area (Å²) in [5.41, 5.74) is 1.61. The highest BCUT2D eigenvalue weighted by Gasteiger charge is 2.37. The molecule has 1 aliphatic rings. The fraction of sp³-hybridized carbons (Fsp3) is 0.600. The van der Waals surface area contributed by atoms with Crippen LogP contribution in [-0.4, -0.2) is 41.0 Å². The van der Waals surface area contributed by atoms with Gasteiger partial charge in [0.15, 0.2) is 0 Å². The molecule has 0 spiro atoms. The summed E-state index contributed by atoms with van der Waals surface area (Å²) in [6, 6.07) is 4.05. The van der Waals surface area contributed by atoms with Crippen LogP contribution in [0.5, 0.6) is 0 Å². The van der Waals surface area contributed by atoms with Gasteiger partial charge in [0, 0.05) is 38.1 Å². The number of piperazine rings is 1. The van der Waals surface area contributed by atoms with Gasteiger partial charge in [0.2, 0.25) is 5.91 Å². The largest absolute Gasteiger partial charge is 0.385 e. The maximum atomic E-state index is 11.9. The molecule has 5 nitrogen and oxygen atoms in total. The SMILES string of the molecule is CCCNc1ccnc(CN2CCNC(=O)C2(C)C)c1. The van der Waals surface area contributed by atoms with Crippen molar-refractivity contribution in [1.82, 2.24) is 15.2 Å². The molecule has 0 atom stereocenters. The summed E-state index contributed by atoms with van der Waals surface area (Å²) in [5.74, 6) is 0.0870. The predicted octanol–water partition coefficient (Wildman–Crippen LogP) is 1.61. The van der Waals surface area contributed by atoms with Gasteiger partial charge in [-0.3, -0.25) is 14.7 Å². The maximum Gasteiger partial charge on any atom is 0.240 e. The standard InChI is InChI=1S/C15H24N4O/c1-4-6-16-12-5-7-17-13(10-12)11-19-9-8-18-14(20)15(19,2)3/h5,7,10H,4,6,8-9,11H2,1-3H3,(H,16,17)(H,18,20). The van der Waals surface area contributed by atoms with E-state index in [1.807, 2.05) is 26.1 Å². The van der Waals surface area contributed by atoms with E-state index in [4.69, 9.17) is 0 Å². The van der Waals surface area contributed by atoms with Crippen molar-refractivity contribution in [1.29, 1.82) is 0 Å². The van der Waals surface area contributed by atoms with Crippen molar-refractivity contribution in [2.45, 2.75) is 39.3 Å². The van der Waals surface area contributed by atoms with E-state index < -0.39 is 5.54 Å². The lowest BCUT2D eigenvalue weighted by molar-refractivity contribution is -0.135. The van der Waals surface area contributed by atoms with Gasteiger partial charge in [-0.05, 0) is 32.4 Å². The van der Waals surface area contributed by atoms with Gasteiger partial charge in [0.25, 0.3) is 0 Å². The van der Waals surface area contributed by atoms with Gasteiger partial charge in [-0.15, -0.1) is 0 Å². The zero-order valence-electron chi connectivity index (χ0n) is 12.6. The van der Waals surface area contributed by atoms with Crippen LogP contribution in [0.25, 0.3) is 0 Å². The van der Waals surface area contributed by atoms with Crippen molar-refractivity contribution in [3.05, 3.63) is 24.0 Å². The molecule has 20 heavy (non-hydrogen) atoms. The van der Waals surface area contributed by atoms with E-state index in [9.17, 15) is 4.79 Å². The molecule has 2 N–H and O–H groups in total. The van der Waals surface area contributed by atoms with Crippen LogP contribution in [0.4, 0.5) is 5.69 Å². The fourth-order valence-electron chi connectivity index (χ4n) is 2.36. The number of rotatable bonds is 5. The van der Waals surface area contributed by atoms with Crippen LogP contribution >= 0.6 is 0 Å². The van der Waals surface area contributed by atoms with Crippen molar-refractivity contribution in [2.75, 3.05) is 25.0 Å². The summed E-state index contributed by atoms with van der Waals surface area (Å²) < 4.78 is 0. The first-order chi connectivity index (χ1) is 9.54. The first-order valence-electron chi connectivity index (χ1n) is 7.26. The van der Waals surface area contributed by atoms with Crippen molar-refractivity contribution in [3.63, 3.8) is 0 Å². The molecule has 1 fully saturated rings. The van der Waals surface area contributed by atoms with E-state index in [2.05, 4.69) is 33.5 Å². The second kappa shape index (κ2) is 6.22. The van der Waals surface area contributed by atoms with E-state index in [1.165, 1.54) is 0 Å². The third-order valence-corrected chi connectivity index (χ3v) is 3.76. The number of carbonyl (C=O) groups is 1. The number of hydrogen-bond donors (Lipinski definition) is 2. The average Bonchev–Trinajstić information content (AvgIpc) is 2.43. The molecule has 2 heterocycles. The first-order valence-corrected chi connectivity index (χ1v) is 7.26. The van der Waals surface area contributed by atoms with E-state index in [0.29, 0.717) is 13.1 Å². The molecule has 110 valence electrons. The lowest BCUT2D eigenvalue weighted by Gasteiger charge is -2.40. The molecule has 0 saturated carbocycles. The Hall–Kier alpha value is -1.62. The summed E-state index contributed by atoms with van der Waals surface area (Å²) >= 11 is 0. The molecule has 0 radical (unpaired) electrons. The lowest BCUT2D eigenvalue weighted by atomic mass is 9.98. The van der Waals surface area contributed by atoms with Gasteiger partial charge in [-0.25, -0.2) is 0 Å². The van der Waals surface area contributed by atoms with Crippen LogP contribution in [0.3, 0.4) is 0 Å². The average molecular weight is 276 g/mol. The van der Waals surface area contributed by atoms with Gasteiger partial charge >= 0.3 is 0 Å². The van der Waals surface area contributed by atoms with Crippen molar-refractivity contribution in [3.8, 4) is 0 Å². The molecule has 0 aliphatic carbocycles. The Balaban J connectivity index is 2.07. The van der Waals surface area contributed by atoms with Gasteiger partial charge in [0.1, 0.15) is 0 Å². The van der Waals surface area contributed by atoms with E-state index in [-0.39, 0.29) is 5.91 Å². The first kappa shape index (κ1) is 14.8. The molecule has 5 heteroatoms. The molecule has 1 aromatic heterocycles. The number of aromatic nitrogens is 1. The molecule has 0 bridgehead atoms. The van der Waals surface area contributed by atoms with E-state index >= 15 is 0 Å². The van der Waals surface area contributed by atoms with Gasteiger partial charge < -0.3 is 10.6 Å². The second-order valence-corrected chi connectivity index (χ2v) is 5.70. The van der Waals surface area contributed by atoms with Crippen LogP contribution in [-0.2, 0) is 11.3 Å². The molecule has 0 unspecified atom stereocenters. The number of amides is 1.